The molecule has 0 aliphatic heterocycles. The molecule has 164 valence electrons. The Kier molecular flexibility index (Phi) is 6.86. The van der Waals surface area contributed by atoms with Crippen LogP contribution in [0, 0.1) is 0 Å². The van der Waals surface area contributed by atoms with Gasteiger partial charge in [-0.2, -0.15) is 0 Å². The van der Waals surface area contributed by atoms with Gasteiger partial charge in [0.25, 0.3) is 0 Å². The first-order valence-corrected chi connectivity index (χ1v) is 10.6. The molecule has 0 N–H and O–H groups in total. The van der Waals surface area contributed by atoms with Gasteiger partial charge in [-0.1, -0.05) is 61.2 Å². The van der Waals surface area contributed by atoms with E-state index in [0.717, 1.165) is 33.8 Å². The molecule has 4 heteroatoms. The van der Waals surface area contributed by atoms with Crippen LogP contribution in [0.2, 0.25) is 0 Å². The van der Waals surface area contributed by atoms with Crippen molar-refractivity contribution in [2.75, 3.05) is 13.7 Å². The van der Waals surface area contributed by atoms with E-state index in [1.807, 2.05) is 72.8 Å². The van der Waals surface area contributed by atoms with Gasteiger partial charge in [-0.05, 0) is 70.8 Å². The first kappa shape index (κ1) is 21.9. The maximum atomic E-state index is 12.6. The molecule has 0 bridgehead atoms. The zero-order chi connectivity index (χ0) is 23.0. The van der Waals surface area contributed by atoms with Gasteiger partial charge in [0.2, 0.25) is 0 Å². The third-order valence-corrected chi connectivity index (χ3v) is 5.16. The number of rotatable bonds is 8. The summed E-state index contributed by atoms with van der Waals surface area (Å²) < 4.78 is 16.2. The molecule has 0 spiro atoms. The van der Waals surface area contributed by atoms with Gasteiger partial charge in [0.1, 0.15) is 23.9 Å². The van der Waals surface area contributed by atoms with Gasteiger partial charge in [0.05, 0.1) is 12.7 Å². The molecule has 0 heterocycles. The molecule has 0 aromatic heterocycles. The van der Waals surface area contributed by atoms with Crippen LogP contribution in [0.5, 0.6) is 17.2 Å². The third kappa shape index (κ3) is 5.49. The first-order valence-electron chi connectivity index (χ1n) is 10.6. The van der Waals surface area contributed by atoms with Crippen LogP contribution in [0.3, 0.4) is 0 Å². The highest BCUT2D eigenvalue weighted by atomic mass is 16.5. The lowest BCUT2D eigenvalue weighted by Gasteiger charge is -2.08. The van der Waals surface area contributed by atoms with Gasteiger partial charge >= 0.3 is 5.97 Å². The second-order valence-electron chi connectivity index (χ2n) is 7.34. The molecule has 0 fully saturated rings. The van der Waals surface area contributed by atoms with Crippen LogP contribution in [-0.2, 0) is 0 Å². The van der Waals surface area contributed by atoms with Crippen LogP contribution in [0.4, 0.5) is 0 Å². The highest BCUT2D eigenvalue weighted by molar-refractivity contribution is 5.91. The van der Waals surface area contributed by atoms with E-state index in [2.05, 4.69) is 6.58 Å². The van der Waals surface area contributed by atoms with E-state index in [4.69, 9.17) is 14.2 Å². The average Bonchev–Trinajstić information content (AvgIpc) is 2.88. The minimum atomic E-state index is -0.396. The Bertz CT molecular complexity index is 1210. The van der Waals surface area contributed by atoms with Gasteiger partial charge < -0.3 is 14.2 Å². The van der Waals surface area contributed by atoms with E-state index in [1.165, 1.54) is 0 Å². The van der Waals surface area contributed by atoms with Gasteiger partial charge in [-0.3, -0.25) is 0 Å². The molecule has 4 aromatic rings. The summed E-state index contributed by atoms with van der Waals surface area (Å²) in [7, 11) is 1.64. The lowest BCUT2D eigenvalue weighted by atomic mass is 10.0. The number of benzene rings is 4. The molecule has 4 nitrogen and oxygen atoms in total. The van der Waals surface area contributed by atoms with Crippen LogP contribution in [-0.4, -0.2) is 19.7 Å². The molecule has 4 aromatic carbocycles. The standard InChI is InChI=1S/C29H24O4/c1-3-20-32-27-16-10-23(11-17-27)21-4-6-25(7-5-21)29(30)33-28-18-12-24(13-19-28)22-8-14-26(31-2)15-9-22/h3-19H,1,20H2,2H3. The van der Waals surface area contributed by atoms with E-state index in [0.29, 0.717) is 17.9 Å². The second kappa shape index (κ2) is 10.3. The van der Waals surface area contributed by atoms with Crippen molar-refractivity contribution in [2.45, 2.75) is 0 Å². The zero-order valence-electron chi connectivity index (χ0n) is 18.4. The fourth-order valence-corrected chi connectivity index (χ4v) is 3.36. The summed E-state index contributed by atoms with van der Waals surface area (Å²) in [6.45, 7) is 4.12. The fraction of sp³-hybridized carbons (Fsp3) is 0.0690. The Balaban J connectivity index is 1.39. The molecular weight excluding hydrogens is 412 g/mol. The SMILES string of the molecule is C=CCOc1ccc(-c2ccc(C(=O)Oc3ccc(-c4ccc(OC)cc4)cc3)cc2)cc1. The van der Waals surface area contributed by atoms with E-state index >= 15 is 0 Å². The normalized spacial score (nSPS) is 10.3. The Hall–Kier alpha value is -4.31. The van der Waals surface area contributed by atoms with E-state index in [9.17, 15) is 4.79 Å². The Morgan fingerprint density at radius 3 is 1.55 bits per heavy atom. The maximum absolute atomic E-state index is 12.6. The number of hydrogen-bond donors (Lipinski definition) is 0. The van der Waals surface area contributed by atoms with E-state index in [1.54, 1.807) is 37.5 Å². The highest BCUT2D eigenvalue weighted by Crippen LogP contribution is 2.26. The number of esters is 1. The van der Waals surface area contributed by atoms with Crippen LogP contribution < -0.4 is 14.2 Å². The highest BCUT2D eigenvalue weighted by Gasteiger charge is 2.10. The smallest absolute Gasteiger partial charge is 0.343 e. The summed E-state index contributed by atoms with van der Waals surface area (Å²) in [4.78, 5) is 12.6. The molecule has 0 amide bonds. The quantitative estimate of drug-likeness (QED) is 0.173. The molecule has 0 saturated heterocycles. The largest absolute Gasteiger partial charge is 0.497 e. The minimum absolute atomic E-state index is 0.396. The number of hydrogen-bond acceptors (Lipinski definition) is 4. The molecule has 0 unspecified atom stereocenters. The summed E-state index contributed by atoms with van der Waals surface area (Å²) >= 11 is 0. The maximum Gasteiger partial charge on any atom is 0.343 e. The lowest BCUT2D eigenvalue weighted by molar-refractivity contribution is 0.0735. The van der Waals surface area contributed by atoms with Crippen LogP contribution >= 0.6 is 0 Å². The van der Waals surface area contributed by atoms with E-state index < -0.39 is 5.97 Å². The van der Waals surface area contributed by atoms with Crippen LogP contribution in [0.25, 0.3) is 22.3 Å². The van der Waals surface area contributed by atoms with Crippen molar-refractivity contribution in [3.8, 4) is 39.5 Å². The molecule has 33 heavy (non-hydrogen) atoms. The Labute approximate surface area is 193 Å². The van der Waals surface area contributed by atoms with Gasteiger partial charge in [-0.25, -0.2) is 4.79 Å². The van der Waals surface area contributed by atoms with Crippen molar-refractivity contribution < 1.29 is 19.0 Å². The monoisotopic (exact) mass is 436 g/mol. The van der Waals surface area contributed by atoms with Crippen molar-refractivity contribution in [1.29, 1.82) is 0 Å². The lowest BCUT2D eigenvalue weighted by Crippen LogP contribution is -2.08. The minimum Gasteiger partial charge on any atom is -0.497 e. The van der Waals surface area contributed by atoms with Crippen LogP contribution in [0.1, 0.15) is 10.4 Å². The summed E-state index contributed by atoms with van der Waals surface area (Å²) in [5.41, 5.74) is 4.62. The molecule has 0 radical (unpaired) electrons. The van der Waals surface area contributed by atoms with E-state index in [-0.39, 0.29) is 0 Å². The van der Waals surface area contributed by atoms with Gasteiger partial charge in [0.15, 0.2) is 0 Å². The summed E-state index contributed by atoms with van der Waals surface area (Å²) in [5.74, 6) is 1.70. The molecule has 0 aliphatic rings. The predicted octanol–water partition coefficient (Wildman–Crippen LogP) is 6.81. The zero-order valence-corrected chi connectivity index (χ0v) is 18.4. The van der Waals surface area contributed by atoms with Gasteiger partial charge in [-0.15, -0.1) is 0 Å². The number of methoxy groups -OCH3 is 1. The van der Waals surface area contributed by atoms with Gasteiger partial charge in [0, 0.05) is 0 Å². The summed E-state index contributed by atoms with van der Waals surface area (Å²) in [5, 5.41) is 0. The predicted molar refractivity (Wildman–Crippen MR) is 131 cm³/mol. The Morgan fingerprint density at radius 2 is 1.09 bits per heavy atom. The van der Waals surface area contributed by atoms with Crippen molar-refractivity contribution >= 4 is 5.97 Å². The second-order valence-corrected chi connectivity index (χ2v) is 7.34. The number of ether oxygens (including phenoxy) is 3. The molecule has 0 saturated carbocycles. The molecular formula is C29H24O4. The topological polar surface area (TPSA) is 44.8 Å². The third-order valence-electron chi connectivity index (χ3n) is 5.16. The molecule has 0 atom stereocenters. The summed E-state index contributed by atoms with van der Waals surface area (Å²) in [6, 6.07) is 30.4. The van der Waals surface area contributed by atoms with Crippen molar-refractivity contribution in [2.24, 2.45) is 0 Å². The fourth-order valence-electron chi connectivity index (χ4n) is 3.36. The number of carbonyl (C=O) groups excluding carboxylic acids is 1. The molecule has 4 rings (SSSR count). The van der Waals surface area contributed by atoms with Crippen LogP contribution in [0.15, 0.2) is 110 Å². The summed E-state index contributed by atoms with van der Waals surface area (Å²) in [6.07, 6.45) is 1.71. The first-order chi connectivity index (χ1) is 16.2. The number of carbonyl (C=O) groups is 1. The van der Waals surface area contributed by atoms with Crippen molar-refractivity contribution in [3.63, 3.8) is 0 Å². The average molecular weight is 437 g/mol. The van der Waals surface area contributed by atoms with Crippen molar-refractivity contribution in [3.05, 3.63) is 115 Å². The van der Waals surface area contributed by atoms with Crippen molar-refractivity contribution in [1.82, 2.24) is 0 Å². The molecule has 0 aliphatic carbocycles. The Morgan fingerprint density at radius 1 is 0.667 bits per heavy atom.